The first kappa shape index (κ1) is 23.7. The zero-order valence-electron chi connectivity index (χ0n) is 19.1. The van der Waals surface area contributed by atoms with Crippen molar-refractivity contribution in [3.8, 4) is 28.4 Å². The van der Waals surface area contributed by atoms with E-state index >= 15 is 0 Å². The van der Waals surface area contributed by atoms with Gasteiger partial charge in [0.15, 0.2) is 5.75 Å². The molecule has 36 heavy (non-hydrogen) atoms. The van der Waals surface area contributed by atoms with Crippen LogP contribution in [0, 0.1) is 0 Å². The molecule has 1 aromatic heterocycles. The van der Waals surface area contributed by atoms with Gasteiger partial charge in [-0.05, 0) is 65.7 Å². The second kappa shape index (κ2) is 9.93. The van der Waals surface area contributed by atoms with E-state index in [0.29, 0.717) is 46.7 Å². The van der Waals surface area contributed by atoms with E-state index in [2.05, 4.69) is 23.6 Å². The van der Waals surface area contributed by atoms with Gasteiger partial charge in [-0.2, -0.15) is 5.10 Å². The Morgan fingerprint density at radius 1 is 0.833 bits per heavy atom. The first-order valence-electron chi connectivity index (χ1n) is 11.1. The second-order valence-electron chi connectivity index (χ2n) is 7.97. The van der Waals surface area contributed by atoms with Gasteiger partial charge in [0.05, 0.1) is 15.8 Å². The van der Waals surface area contributed by atoms with Crippen molar-refractivity contribution < 1.29 is 14.6 Å². The van der Waals surface area contributed by atoms with E-state index in [1.54, 1.807) is 24.3 Å². The van der Waals surface area contributed by atoms with Gasteiger partial charge in [0.1, 0.15) is 36.0 Å². The van der Waals surface area contributed by atoms with Crippen LogP contribution in [-0.4, -0.2) is 29.0 Å². The van der Waals surface area contributed by atoms with Crippen LogP contribution in [0.2, 0.25) is 10.0 Å². The molecule has 0 radical (unpaired) electrons. The number of phenolic OH excluding ortho intramolecular Hbond substituents is 1. The molecule has 8 heteroatoms. The fourth-order valence-corrected chi connectivity index (χ4v) is 4.56. The van der Waals surface area contributed by atoms with Crippen LogP contribution >= 0.6 is 23.2 Å². The summed E-state index contributed by atoms with van der Waals surface area (Å²) in [6.07, 6.45) is 3.39. The third-order valence-corrected chi connectivity index (χ3v) is 6.26. The van der Waals surface area contributed by atoms with Crippen molar-refractivity contribution in [1.82, 2.24) is 4.98 Å². The molecule has 0 atom stereocenters. The van der Waals surface area contributed by atoms with E-state index in [1.165, 1.54) is 6.07 Å². The molecule has 0 aliphatic heterocycles. The van der Waals surface area contributed by atoms with Crippen molar-refractivity contribution in [3.63, 3.8) is 0 Å². The molecule has 0 spiro atoms. The maximum atomic E-state index is 10.4. The number of aromatic hydroxyl groups is 1. The summed E-state index contributed by atoms with van der Waals surface area (Å²) in [5.41, 5.74) is 7.84. The topological polar surface area (TPSA) is 76.0 Å². The van der Waals surface area contributed by atoms with E-state index < -0.39 is 0 Å². The average molecular weight is 518 g/mol. The second-order valence-corrected chi connectivity index (χ2v) is 8.78. The maximum absolute atomic E-state index is 10.4. The largest absolute Gasteiger partial charge is 0.504 e. The van der Waals surface area contributed by atoms with E-state index in [4.69, 9.17) is 37.8 Å². The number of hydrazone groups is 1. The summed E-state index contributed by atoms with van der Waals surface area (Å²) in [6, 6.07) is 16.7. The maximum Gasteiger partial charge on any atom is 0.160 e. The first-order chi connectivity index (χ1) is 17.5. The lowest BCUT2D eigenvalue weighted by atomic mass is 10.1. The number of halogens is 2. The number of nitrogens with zero attached hydrogens (tertiary/aromatic N) is 2. The number of pyridine rings is 1. The number of rotatable bonds is 8. The Morgan fingerprint density at radius 3 is 2.03 bits per heavy atom. The Balaban J connectivity index is 1.58. The molecule has 1 aliphatic rings. The van der Waals surface area contributed by atoms with Crippen LogP contribution in [0.3, 0.4) is 0 Å². The minimum Gasteiger partial charge on any atom is -0.504 e. The van der Waals surface area contributed by atoms with Crippen LogP contribution < -0.4 is 14.9 Å². The van der Waals surface area contributed by atoms with Gasteiger partial charge in [-0.15, -0.1) is 0 Å². The van der Waals surface area contributed by atoms with E-state index in [0.717, 1.165) is 22.3 Å². The number of hydrogen-bond donors (Lipinski definition) is 2. The fourth-order valence-electron chi connectivity index (χ4n) is 4.04. The van der Waals surface area contributed by atoms with Crippen LogP contribution in [0.5, 0.6) is 17.2 Å². The summed E-state index contributed by atoms with van der Waals surface area (Å²) in [5.74, 6) is 1.68. The molecule has 4 aromatic rings. The molecule has 0 unspecified atom stereocenters. The SMILES string of the molecule is C=CCOc1ccc2c(c1)C(=NNc1ccc3c(Cl)cc(Cl)c(O)c3n1)c1cc(OCC=C)ccc1-2. The standard InChI is InChI=1S/C28H21Cl2N3O3/c1-3-11-35-16-5-7-18-19-8-6-17(36-12-4-2)14-22(19)26(21(18)13-16)33-32-25-10-9-20-23(29)15-24(30)28(34)27(20)31-25/h3-10,13-15,34H,1-2,11-12H2,(H,31,32). The van der Waals surface area contributed by atoms with Gasteiger partial charge in [0.25, 0.3) is 0 Å². The van der Waals surface area contributed by atoms with Gasteiger partial charge in [0, 0.05) is 16.5 Å². The summed E-state index contributed by atoms with van der Waals surface area (Å²) in [6.45, 7) is 8.21. The van der Waals surface area contributed by atoms with Crippen LogP contribution in [0.4, 0.5) is 5.82 Å². The predicted octanol–water partition coefficient (Wildman–Crippen LogP) is 7.22. The molecular formula is C28H21Cl2N3O3. The molecule has 0 fully saturated rings. The summed E-state index contributed by atoms with van der Waals surface area (Å²) < 4.78 is 11.5. The van der Waals surface area contributed by atoms with E-state index in [1.807, 2.05) is 36.4 Å². The number of hydrogen-bond acceptors (Lipinski definition) is 6. The summed E-state index contributed by atoms with van der Waals surface area (Å²) in [5, 5.41) is 16.2. The van der Waals surface area contributed by atoms with Gasteiger partial charge in [-0.1, -0.05) is 48.5 Å². The predicted molar refractivity (Wildman–Crippen MR) is 146 cm³/mol. The van der Waals surface area contributed by atoms with Crippen LogP contribution in [0.25, 0.3) is 22.0 Å². The van der Waals surface area contributed by atoms with Gasteiger partial charge in [-0.3, -0.25) is 5.43 Å². The highest BCUT2D eigenvalue weighted by Gasteiger charge is 2.26. The van der Waals surface area contributed by atoms with Crippen LogP contribution in [-0.2, 0) is 0 Å². The zero-order valence-corrected chi connectivity index (χ0v) is 20.6. The van der Waals surface area contributed by atoms with Crippen molar-refractivity contribution in [2.45, 2.75) is 0 Å². The van der Waals surface area contributed by atoms with Crippen molar-refractivity contribution >= 4 is 45.6 Å². The van der Waals surface area contributed by atoms with E-state index in [9.17, 15) is 5.11 Å². The Kier molecular flexibility index (Phi) is 6.55. The van der Waals surface area contributed by atoms with Crippen LogP contribution in [0.15, 0.2) is 85.0 Å². The van der Waals surface area contributed by atoms with Crippen molar-refractivity contribution in [2.24, 2.45) is 5.10 Å². The van der Waals surface area contributed by atoms with Crippen molar-refractivity contribution in [3.05, 3.63) is 101 Å². The van der Waals surface area contributed by atoms with Crippen molar-refractivity contribution in [2.75, 3.05) is 18.6 Å². The molecule has 0 saturated heterocycles. The number of aromatic nitrogens is 1. The number of phenols is 1. The normalized spacial score (nSPS) is 11.6. The van der Waals surface area contributed by atoms with Gasteiger partial charge in [0.2, 0.25) is 0 Å². The number of anilines is 1. The Labute approximate surface area is 218 Å². The molecule has 180 valence electrons. The molecular weight excluding hydrogens is 497 g/mol. The molecule has 1 aliphatic carbocycles. The number of nitrogens with one attached hydrogen (secondary N) is 1. The molecule has 0 saturated carbocycles. The Morgan fingerprint density at radius 2 is 1.44 bits per heavy atom. The summed E-state index contributed by atoms with van der Waals surface area (Å²) >= 11 is 12.3. The Hall–Kier alpha value is -4.00. The lowest BCUT2D eigenvalue weighted by Crippen LogP contribution is -2.05. The lowest BCUT2D eigenvalue weighted by Gasteiger charge is -2.09. The quantitative estimate of drug-likeness (QED) is 0.168. The van der Waals surface area contributed by atoms with Gasteiger partial charge in [-0.25, -0.2) is 4.98 Å². The molecule has 6 nitrogen and oxygen atoms in total. The van der Waals surface area contributed by atoms with E-state index in [-0.39, 0.29) is 16.3 Å². The molecule has 5 rings (SSSR count). The molecule has 0 amide bonds. The third-order valence-electron chi connectivity index (χ3n) is 5.66. The summed E-state index contributed by atoms with van der Waals surface area (Å²) in [7, 11) is 0. The average Bonchev–Trinajstić information content (AvgIpc) is 3.20. The molecule has 1 heterocycles. The highest BCUT2D eigenvalue weighted by molar-refractivity contribution is 6.39. The Bertz CT molecular complexity index is 1490. The minimum atomic E-state index is -0.142. The third kappa shape index (κ3) is 4.37. The molecule has 3 aromatic carbocycles. The number of fused-ring (bicyclic) bond motifs is 4. The van der Waals surface area contributed by atoms with Gasteiger partial charge < -0.3 is 14.6 Å². The highest BCUT2D eigenvalue weighted by Crippen LogP contribution is 2.41. The number of ether oxygens (including phenoxy) is 2. The minimum absolute atomic E-state index is 0.126. The smallest absolute Gasteiger partial charge is 0.160 e. The van der Waals surface area contributed by atoms with Gasteiger partial charge >= 0.3 is 0 Å². The number of benzene rings is 3. The van der Waals surface area contributed by atoms with Crippen LogP contribution in [0.1, 0.15) is 11.1 Å². The van der Waals surface area contributed by atoms with Crippen molar-refractivity contribution in [1.29, 1.82) is 0 Å². The highest BCUT2D eigenvalue weighted by atomic mass is 35.5. The fraction of sp³-hybridized carbons (Fsp3) is 0.0714. The zero-order chi connectivity index (χ0) is 25.2. The molecule has 0 bridgehead atoms. The lowest BCUT2D eigenvalue weighted by molar-refractivity contribution is 0.363. The summed E-state index contributed by atoms with van der Waals surface area (Å²) in [4.78, 5) is 4.48. The molecule has 2 N–H and O–H groups in total. The monoisotopic (exact) mass is 517 g/mol. The first-order valence-corrected chi connectivity index (χ1v) is 11.8.